The molecule has 0 radical (unpaired) electrons. The lowest BCUT2D eigenvalue weighted by molar-refractivity contribution is -0.115. The molecule has 0 aliphatic carbocycles. The van der Waals surface area contributed by atoms with Crippen LogP contribution in [0.2, 0.25) is 0 Å². The predicted molar refractivity (Wildman–Crippen MR) is 127 cm³/mol. The van der Waals surface area contributed by atoms with E-state index in [0.29, 0.717) is 22.4 Å². The predicted octanol–water partition coefficient (Wildman–Crippen LogP) is 4.27. The Morgan fingerprint density at radius 1 is 1.12 bits per heavy atom. The van der Waals surface area contributed by atoms with Crippen LogP contribution in [0.5, 0.6) is 0 Å². The number of anilines is 1. The van der Waals surface area contributed by atoms with Crippen molar-refractivity contribution >= 4 is 29.3 Å². The van der Waals surface area contributed by atoms with Gasteiger partial charge in [-0.25, -0.2) is 18.6 Å². The van der Waals surface area contributed by atoms with Crippen LogP contribution in [0.3, 0.4) is 0 Å². The van der Waals surface area contributed by atoms with Crippen molar-refractivity contribution in [1.29, 1.82) is 0 Å². The number of halogens is 1. The van der Waals surface area contributed by atoms with Gasteiger partial charge in [0.05, 0.1) is 17.8 Å². The molecule has 0 aliphatic heterocycles. The molecule has 0 bridgehead atoms. The highest BCUT2D eigenvalue weighted by Gasteiger charge is 2.22. The number of nitrogens with zero attached hydrogens (tertiary/aromatic N) is 6. The number of thioether (sulfide) groups is 1. The van der Waals surface area contributed by atoms with E-state index < -0.39 is 0 Å². The van der Waals surface area contributed by atoms with Gasteiger partial charge in [-0.2, -0.15) is 10.1 Å². The van der Waals surface area contributed by atoms with Crippen LogP contribution in [0, 0.1) is 19.7 Å². The largest absolute Gasteiger partial charge is 0.310 e. The van der Waals surface area contributed by atoms with Crippen LogP contribution in [0.4, 0.5) is 10.2 Å². The fourth-order valence-electron chi connectivity index (χ4n) is 3.50. The van der Waals surface area contributed by atoms with Crippen LogP contribution in [0.25, 0.3) is 11.5 Å². The van der Waals surface area contributed by atoms with Gasteiger partial charge in [0.1, 0.15) is 11.6 Å². The van der Waals surface area contributed by atoms with Gasteiger partial charge in [0.25, 0.3) is 5.78 Å². The number of aryl methyl sites for hydroxylation is 2. The van der Waals surface area contributed by atoms with E-state index in [1.165, 1.54) is 23.9 Å². The third kappa shape index (κ3) is 4.61. The number of rotatable bonds is 5. The van der Waals surface area contributed by atoms with Crippen LogP contribution in [0.15, 0.2) is 35.5 Å². The molecule has 1 aromatic carbocycles. The lowest BCUT2D eigenvalue weighted by Gasteiger charge is -2.14. The first-order valence-electron chi connectivity index (χ1n) is 10.5. The zero-order chi connectivity index (χ0) is 23.9. The SMILES string of the molecule is CSc1nc2nc(C)c(CC(=O)Nc3cc(C(C)(C)C)nn3-c3ccc(F)cc3)c(C)n2n1. The Morgan fingerprint density at radius 2 is 1.82 bits per heavy atom. The third-order valence-electron chi connectivity index (χ3n) is 5.37. The lowest BCUT2D eigenvalue weighted by Crippen LogP contribution is -2.19. The maximum absolute atomic E-state index is 13.4. The van der Waals surface area contributed by atoms with Crippen LogP contribution in [-0.4, -0.2) is 41.5 Å². The molecule has 3 heterocycles. The summed E-state index contributed by atoms with van der Waals surface area (Å²) in [4.78, 5) is 22.0. The highest BCUT2D eigenvalue weighted by atomic mass is 32.2. The molecule has 8 nitrogen and oxygen atoms in total. The molecule has 0 atom stereocenters. The molecule has 4 aromatic rings. The molecule has 172 valence electrons. The van der Waals surface area contributed by atoms with Gasteiger partial charge in [-0.3, -0.25) is 4.79 Å². The first-order chi connectivity index (χ1) is 15.6. The molecule has 0 saturated carbocycles. The lowest BCUT2D eigenvalue weighted by atomic mass is 9.92. The van der Waals surface area contributed by atoms with Crippen LogP contribution < -0.4 is 5.32 Å². The number of carbonyl (C=O) groups excluding carboxylic acids is 1. The van der Waals surface area contributed by atoms with E-state index in [2.05, 4.69) is 25.5 Å². The van der Waals surface area contributed by atoms with Crippen LogP contribution in [-0.2, 0) is 16.6 Å². The molecule has 0 unspecified atom stereocenters. The Labute approximate surface area is 195 Å². The number of benzene rings is 1. The summed E-state index contributed by atoms with van der Waals surface area (Å²) in [7, 11) is 0. The fraction of sp³-hybridized carbons (Fsp3) is 0.348. The Kier molecular flexibility index (Phi) is 5.96. The van der Waals surface area contributed by atoms with Crippen molar-refractivity contribution < 1.29 is 9.18 Å². The highest BCUT2D eigenvalue weighted by molar-refractivity contribution is 7.98. The van der Waals surface area contributed by atoms with Gasteiger partial charge < -0.3 is 5.32 Å². The number of nitrogens with one attached hydrogen (secondary N) is 1. The number of carbonyl (C=O) groups is 1. The van der Waals surface area contributed by atoms with Crippen molar-refractivity contribution in [1.82, 2.24) is 29.4 Å². The number of hydrogen-bond acceptors (Lipinski definition) is 6. The van der Waals surface area contributed by atoms with Crippen LogP contribution >= 0.6 is 11.8 Å². The maximum atomic E-state index is 13.4. The summed E-state index contributed by atoms with van der Waals surface area (Å²) >= 11 is 1.44. The minimum absolute atomic E-state index is 0.120. The van der Waals surface area contributed by atoms with E-state index in [1.54, 1.807) is 21.3 Å². The smallest absolute Gasteiger partial charge is 0.253 e. The Balaban J connectivity index is 1.66. The van der Waals surface area contributed by atoms with Gasteiger partial charge in [-0.1, -0.05) is 32.5 Å². The number of hydrogen-bond donors (Lipinski definition) is 1. The van der Waals surface area contributed by atoms with E-state index >= 15 is 0 Å². The summed E-state index contributed by atoms with van der Waals surface area (Å²) < 4.78 is 16.7. The van der Waals surface area contributed by atoms with Crippen molar-refractivity contribution in [3.05, 3.63) is 58.8 Å². The topological polar surface area (TPSA) is 90.0 Å². The van der Waals surface area contributed by atoms with Gasteiger partial charge in [-0.05, 0) is 44.4 Å². The summed E-state index contributed by atoms with van der Waals surface area (Å²) in [5, 5.41) is 12.7. The Hall–Kier alpha value is -3.27. The molecular weight excluding hydrogens is 441 g/mol. The van der Waals surface area contributed by atoms with Crippen molar-refractivity contribution in [3.8, 4) is 5.69 Å². The minimum Gasteiger partial charge on any atom is -0.310 e. The first-order valence-corrected chi connectivity index (χ1v) is 11.7. The molecule has 1 amide bonds. The van der Waals surface area contributed by atoms with Gasteiger partial charge in [0.15, 0.2) is 0 Å². The van der Waals surface area contributed by atoms with Crippen molar-refractivity contribution in [2.24, 2.45) is 0 Å². The molecular formula is C23H26FN7OS. The van der Waals surface area contributed by atoms with E-state index in [4.69, 9.17) is 0 Å². The van der Waals surface area contributed by atoms with E-state index in [0.717, 1.165) is 22.6 Å². The number of aromatic nitrogens is 6. The summed E-state index contributed by atoms with van der Waals surface area (Å²) in [5.41, 5.74) is 3.59. The third-order valence-corrected chi connectivity index (χ3v) is 5.90. The standard InChI is InChI=1S/C23H26FN7OS/c1-13-17(14(2)30-21(25-13)27-22(29-30)33-6)11-20(32)26-19-12-18(23(3,4)5)28-31(19)16-9-7-15(24)8-10-16/h7-10,12H,11H2,1-6H3,(H,26,32). The van der Waals surface area contributed by atoms with Crippen molar-refractivity contribution in [2.45, 2.75) is 51.6 Å². The second-order valence-corrected chi connectivity index (χ2v) is 9.62. The molecule has 0 saturated heterocycles. The molecule has 0 aliphatic rings. The van der Waals surface area contributed by atoms with Gasteiger partial charge in [-0.15, -0.1) is 5.10 Å². The molecule has 33 heavy (non-hydrogen) atoms. The first kappa shape index (κ1) is 22.9. The maximum Gasteiger partial charge on any atom is 0.253 e. The normalized spacial score (nSPS) is 11.8. The molecule has 0 spiro atoms. The van der Waals surface area contributed by atoms with E-state index in [9.17, 15) is 9.18 Å². The Morgan fingerprint density at radius 3 is 2.45 bits per heavy atom. The molecule has 4 rings (SSSR count). The Bertz CT molecular complexity index is 1340. The fourth-order valence-corrected chi connectivity index (χ4v) is 3.83. The number of fused-ring (bicyclic) bond motifs is 1. The van der Waals surface area contributed by atoms with Gasteiger partial charge >= 0.3 is 0 Å². The second kappa shape index (κ2) is 8.58. The molecule has 1 N–H and O–H groups in total. The van der Waals surface area contributed by atoms with E-state index in [1.807, 2.05) is 46.9 Å². The monoisotopic (exact) mass is 467 g/mol. The average Bonchev–Trinajstić information content (AvgIpc) is 3.36. The summed E-state index contributed by atoms with van der Waals surface area (Å²) in [5.74, 6) is 0.490. The summed E-state index contributed by atoms with van der Waals surface area (Å²) in [6, 6.07) is 7.85. The molecule has 3 aromatic heterocycles. The zero-order valence-electron chi connectivity index (χ0n) is 19.5. The van der Waals surface area contributed by atoms with Crippen LogP contribution in [0.1, 0.15) is 43.4 Å². The second-order valence-electron chi connectivity index (χ2n) is 8.85. The highest BCUT2D eigenvalue weighted by Crippen LogP contribution is 2.27. The molecule has 0 fully saturated rings. The minimum atomic E-state index is -0.334. The molecule has 10 heteroatoms. The van der Waals surface area contributed by atoms with E-state index in [-0.39, 0.29) is 23.6 Å². The quantitative estimate of drug-likeness (QED) is 0.441. The van der Waals surface area contributed by atoms with Crippen molar-refractivity contribution in [2.75, 3.05) is 11.6 Å². The van der Waals surface area contributed by atoms with Crippen molar-refractivity contribution in [3.63, 3.8) is 0 Å². The number of amides is 1. The summed E-state index contributed by atoms with van der Waals surface area (Å²) in [6.45, 7) is 9.91. The summed E-state index contributed by atoms with van der Waals surface area (Å²) in [6.07, 6.45) is 2.02. The average molecular weight is 468 g/mol. The van der Waals surface area contributed by atoms with Gasteiger partial charge in [0.2, 0.25) is 11.1 Å². The van der Waals surface area contributed by atoms with Gasteiger partial charge in [0, 0.05) is 28.4 Å². The zero-order valence-corrected chi connectivity index (χ0v) is 20.3.